The molecule has 1 aromatic heterocycles. The fourth-order valence-corrected chi connectivity index (χ4v) is 3.31. The second kappa shape index (κ2) is 8.42. The van der Waals surface area contributed by atoms with Crippen LogP contribution in [-0.2, 0) is 11.3 Å². The first-order valence-electron chi connectivity index (χ1n) is 8.28. The predicted octanol–water partition coefficient (Wildman–Crippen LogP) is 4.43. The van der Waals surface area contributed by atoms with Gasteiger partial charge in [-0.2, -0.15) is 0 Å². The van der Waals surface area contributed by atoms with E-state index in [0.29, 0.717) is 45.6 Å². The molecule has 0 unspecified atom stereocenters. The number of aromatic nitrogens is 2. The Balaban J connectivity index is 2.18. The molecule has 2 rings (SSSR count). The van der Waals surface area contributed by atoms with Crippen LogP contribution in [-0.4, -0.2) is 39.3 Å². The van der Waals surface area contributed by atoms with Gasteiger partial charge in [0.1, 0.15) is 10.1 Å². The number of amides is 1. The molecule has 0 aliphatic carbocycles. The highest BCUT2D eigenvalue weighted by Gasteiger charge is 2.25. The van der Waals surface area contributed by atoms with Gasteiger partial charge in [0.25, 0.3) is 0 Å². The van der Waals surface area contributed by atoms with Gasteiger partial charge in [-0.15, -0.1) is 0 Å². The van der Waals surface area contributed by atoms with E-state index in [1.165, 1.54) is 0 Å². The van der Waals surface area contributed by atoms with Crippen LogP contribution in [0.4, 0.5) is 16.4 Å². The van der Waals surface area contributed by atoms with Crippen molar-refractivity contribution >= 4 is 60.6 Å². The summed E-state index contributed by atoms with van der Waals surface area (Å²) in [6, 6.07) is 1.78. The van der Waals surface area contributed by atoms with E-state index in [1.54, 1.807) is 26.8 Å². The highest BCUT2D eigenvalue weighted by molar-refractivity contribution is 9.13. The molecule has 9 nitrogen and oxygen atoms in total. The number of halogens is 2. The molecule has 0 bridgehead atoms. The first-order chi connectivity index (χ1) is 12.5. The van der Waals surface area contributed by atoms with Gasteiger partial charge in [0.15, 0.2) is 5.52 Å². The summed E-state index contributed by atoms with van der Waals surface area (Å²) in [6.07, 6.45) is -0.503. The first kappa shape index (κ1) is 21.4. The molecule has 0 fully saturated rings. The lowest BCUT2D eigenvalue weighted by Crippen LogP contribution is -2.35. The molecule has 0 saturated heterocycles. The first-order valence-corrected chi connectivity index (χ1v) is 9.87. The third-order valence-corrected chi connectivity index (χ3v) is 5.45. The number of benzene rings is 1. The molecule has 1 heterocycles. The Bertz CT molecular complexity index is 876. The summed E-state index contributed by atoms with van der Waals surface area (Å²) in [6.45, 7) is 8.57. The van der Waals surface area contributed by atoms with Crippen molar-refractivity contribution in [3.05, 3.63) is 25.1 Å². The van der Waals surface area contributed by atoms with Crippen LogP contribution >= 0.6 is 31.9 Å². The molecule has 0 aliphatic rings. The smallest absolute Gasteiger partial charge is 0.407 e. The van der Waals surface area contributed by atoms with Crippen LogP contribution in [0, 0.1) is 10.1 Å². The molecule has 2 N–H and O–H groups in total. The fourth-order valence-electron chi connectivity index (χ4n) is 2.46. The normalized spacial score (nSPS) is 11.5. The van der Waals surface area contributed by atoms with E-state index in [1.807, 2.05) is 11.5 Å². The Labute approximate surface area is 173 Å². The van der Waals surface area contributed by atoms with Gasteiger partial charge >= 0.3 is 11.8 Å². The number of hydrogen-bond acceptors (Lipinski definition) is 6. The quantitative estimate of drug-likeness (QED) is 0.340. The molecule has 1 amide bonds. The number of aryl methyl sites for hydroxylation is 1. The van der Waals surface area contributed by atoms with Crippen molar-refractivity contribution in [1.29, 1.82) is 0 Å². The number of nitrogens with one attached hydrogen (secondary N) is 2. The van der Waals surface area contributed by atoms with Crippen LogP contribution in [0.1, 0.15) is 27.7 Å². The number of alkyl carbamates (subject to hydrolysis) is 1. The molecule has 0 radical (unpaired) electrons. The molecule has 0 spiro atoms. The van der Waals surface area contributed by atoms with Crippen LogP contribution < -0.4 is 10.6 Å². The zero-order chi connectivity index (χ0) is 20.4. The molecule has 2 aromatic rings. The van der Waals surface area contributed by atoms with Gasteiger partial charge in [0.2, 0.25) is 5.95 Å². The highest BCUT2D eigenvalue weighted by Crippen LogP contribution is 2.39. The number of imidazole rings is 1. The number of nitrogens with zero attached hydrogens (tertiary/aromatic N) is 3. The highest BCUT2D eigenvalue weighted by atomic mass is 79.9. The van der Waals surface area contributed by atoms with Crippen molar-refractivity contribution in [2.45, 2.75) is 39.8 Å². The van der Waals surface area contributed by atoms with E-state index in [9.17, 15) is 14.9 Å². The SMILES string of the molecule is CCn1c(NCCNC(=O)OC(C)(C)C)nc2c([N+](=O)[O-])c(Br)c(Br)cc21. The third kappa shape index (κ3) is 5.10. The summed E-state index contributed by atoms with van der Waals surface area (Å²) in [7, 11) is 0. The minimum atomic E-state index is -0.562. The maximum absolute atomic E-state index is 11.7. The molecule has 11 heteroatoms. The van der Waals surface area contributed by atoms with Crippen molar-refractivity contribution in [2.75, 3.05) is 18.4 Å². The number of hydrogen-bond donors (Lipinski definition) is 2. The van der Waals surface area contributed by atoms with Crippen molar-refractivity contribution in [2.24, 2.45) is 0 Å². The molecule has 148 valence electrons. The maximum atomic E-state index is 11.7. The number of carbonyl (C=O) groups is 1. The van der Waals surface area contributed by atoms with Crippen molar-refractivity contribution in [3.63, 3.8) is 0 Å². The third-order valence-electron chi connectivity index (χ3n) is 3.49. The van der Waals surface area contributed by atoms with Gasteiger partial charge in [-0.05, 0) is 65.6 Å². The Morgan fingerprint density at radius 2 is 2.04 bits per heavy atom. The summed E-state index contributed by atoms with van der Waals surface area (Å²) < 4.78 is 7.93. The number of nitro benzene ring substituents is 1. The lowest BCUT2D eigenvalue weighted by atomic mass is 10.2. The van der Waals surface area contributed by atoms with Crippen LogP contribution in [0.5, 0.6) is 0 Å². The van der Waals surface area contributed by atoms with E-state index in [-0.39, 0.29) is 5.69 Å². The minimum Gasteiger partial charge on any atom is -0.444 e. The van der Waals surface area contributed by atoms with E-state index >= 15 is 0 Å². The zero-order valence-electron chi connectivity index (χ0n) is 15.4. The van der Waals surface area contributed by atoms with Gasteiger partial charge in [0.05, 0.1) is 10.4 Å². The number of fused-ring (bicyclic) bond motifs is 1. The molecule has 0 atom stereocenters. The Kier molecular flexibility index (Phi) is 6.68. The Morgan fingerprint density at radius 1 is 1.37 bits per heavy atom. The number of carbonyl (C=O) groups excluding carboxylic acids is 1. The second-order valence-electron chi connectivity index (χ2n) is 6.68. The van der Waals surface area contributed by atoms with Crippen LogP contribution in [0.3, 0.4) is 0 Å². The van der Waals surface area contributed by atoms with E-state index < -0.39 is 16.6 Å². The van der Waals surface area contributed by atoms with Gasteiger partial charge in [-0.25, -0.2) is 9.78 Å². The van der Waals surface area contributed by atoms with E-state index in [4.69, 9.17) is 4.74 Å². The number of anilines is 1. The van der Waals surface area contributed by atoms with Crippen molar-refractivity contribution in [1.82, 2.24) is 14.9 Å². The lowest BCUT2D eigenvalue weighted by molar-refractivity contribution is -0.384. The molecule has 0 aliphatic heterocycles. The number of nitro groups is 1. The average Bonchev–Trinajstić information content (AvgIpc) is 2.87. The lowest BCUT2D eigenvalue weighted by Gasteiger charge is -2.19. The van der Waals surface area contributed by atoms with Gasteiger partial charge in [-0.1, -0.05) is 0 Å². The summed E-state index contributed by atoms with van der Waals surface area (Å²) in [5.41, 5.74) is 0.274. The predicted molar refractivity (Wildman–Crippen MR) is 110 cm³/mol. The van der Waals surface area contributed by atoms with Crippen LogP contribution in [0.15, 0.2) is 15.0 Å². The van der Waals surface area contributed by atoms with Crippen molar-refractivity contribution < 1.29 is 14.5 Å². The fraction of sp³-hybridized carbons (Fsp3) is 0.500. The Morgan fingerprint density at radius 3 is 2.59 bits per heavy atom. The summed E-state index contributed by atoms with van der Waals surface area (Å²) in [4.78, 5) is 27.1. The second-order valence-corrected chi connectivity index (χ2v) is 8.33. The summed E-state index contributed by atoms with van der Waals surface area (Å²) in [5.74, 6) is 0.492. The van der Waals surface area contributed by atoms with Crippen molar-refractivity contribution in [3.8, 4) is 0 Å². The average molecular weight is 507 g/mol. The van der Waals surface area contributed by atoms with Gasteiger partial charge in [-0.3, -0.25) is 10.1 Å². The molecule has 27 heavy (non-hydrogen) atoms. The molecule has 1 aromatic carbocycles. The van der Waals surface area contributed by atoms with E-state index in [2.05, 4.69) is 47.5 Å². The monoisotopic (exact) mass is 505 g/mol. The maximum Gasteiger partial charge on any atom is 0.407 e. The molecule has 0 saturated carbocycles. The topological polar surface area (TPSA) is 111 Å². The number of rotatable bonds is 6. The molecular formula is C16H21Br2N5O4. The molecular weight excluding hydrogens is 486 g/mol. The largest absolute Gasteiger partial charge is 0.444 e. The summed E-state index contributed by atoms with van der Waals surface area (Å²) in [5, 5.41) is 17.2. The summed E-state index contributed by atoms with van der Waals surface area (Å²) >= 11 is 6.58. The Hall–Kier alpha value is -1.88. The van der Waals surface area contributed by atoms with E-state index in [0.717, 1.165) is 0 Å². The number of ether oxygens (including phenoxy) is 1. The zero-order valence-corrected chi connectivity index (χ0v) is 18.6. The van der Waals surface area contributed by atoms with Gasteiger partial charge in [0, 0.05) is 24.1 Å². The van der Waals surface area contributed by atoms with Gasteiger partial charge < -0.3 is 19.9 Å². The minimum absolute atomic E-state index is 0.0958. The standard InChI is InChI=1S/C16H21Br2N5O4/c1-5-22-10-8-9(17)11(18)13(23(25)26)12(10)21-14(22)19-6-7-20-15(24)27-16(2,3)4/h8H,5-7H2,1-4H3,(H,19,21)(H,20,24). The van der Waals surface area contributed by atoms with Crippen LogP contribution in [0.2, 0.25) is 0 Å². The van der Waals surface area contributed by atoms with Crippen LogP contribution in [0.25, 0.3) is 11.0 Å².